The van der Waals surface area contributed by atoms with Crippen molar-refractivity contribution in [3.05, 3.63) is 29.8 Å². The van der Waals surface area contributed by atoms with Crippen LogP contribution in [-0.4, -0.2) is 42.1 Å². The lowest BCUT2D eigenvalue weighted by Crippen LogP contribution is -2.49. The number of aliphatic hydroxyl groups is 1. The van der Waals surface area contributed by atoms with Crippen LogP contribution in [0, 0.1) is 0 Å². The summed E-state index contributed by atoms with van der Waals surface area (Å²) in [4.78, 5) is 1.90. The average molecular weight is 291 g/mol. The smallest absolute Gasteiger partial charge is 0.406 e. The molecule has 0 bridgehead atoms. The first-order valence-corrected chi connectivity index (χ1v) is 6.22. The standard InChI is InChI=1S/C14H20F3NO2/c1-13(2,18(3)4)12(19)9-10-5-7-11(8-6-10)20-14(15,16)17/h5-8,12,19H,9H2,1-4H3. The SMILES string of the molecule is CN(C)C(C)(C)C(O)Cc1ccc(OC(F)(F)F)cc1. The summed E-state index contributed by atoms with van der Waals surface area (Å²) in [6.45, 7) is 3.80. The summed E-state index contributed by atoms with van der Waals surface area (Å²) < 4.78 is 39.9. The van der Waals surface area contributed by atoms with E-state index in [2.05, 4.69) is 4.74 Å². The molecule has 114 valence electrons. The molecule has 1 unspecified atom stereocenters. The second kappa shape index (κ2) is 6.01. The van der Waals surface area contributed by atoms with E-state index >= 15 is 0 Å². The first-order chi connectivity index (χ1) is 9.02. The zero-order valence-corrected chi connectivity index (χ0v) is 12.0. The highest BCUT2D eigenvalue weighted by atomic mass is 19.4. The molecule has 6 heteroatoms. The number of aliphatic hydroxyl groups excluding tert-OH is 1. The van der Waals surface area contributed by atoms with Gasteiger partial charge >= 0.3 is 6.36 Å². The number of alkyl halides is 3. The molecule has 0 saturated carbocycles. The van der Waals surface area contributed by atoms with Gasteiger partial charge in [-0.05, 0) is 45.6 Å². The molecule has 1 N–H and O–H groups in total. The zero-order valence-electron chi connectivity index (χ0n) is 12.0. The van der Waals surface area contributed by atoms with Crippen molar-refractivity contribution >= 4 is 0 Å². The highest BCUT2D eigenvalue weighted by Crippen LogP contribution is 2.24. The summed E-state index contributed by atoms with van der Waals surface area (Å²) in [5.41, 5.74) is 0.322. The van der Waals surface area contributed by atoms with E-state index in [4.69, 9.17) is 0 Å². The van der Waals surface area contributed by atoms with Crippen LogP contribution in [0.3, 0.4) is 0 Å². The van der Waals surface area contributed by atoms with Gasteiger partial charge in [0.1, 0.15) is 5.75 Å². The van der Waals surface area contributed by atoms with Crippen LogP contribution in [0.1, 0.15) is 19.4 Å². The van der Waals surface area contributed by atoms with E-state index in [1.165, 1.54) is 24.3 Å². The molecule has 0 aliphatic heterocycles. The van der Waals surface area contributed by atoms with Gasteiger partial charge in [-0.15, -0.1) is 13.2 Å². The third-order valence-corrected chi connectivity index (χ3v) is 3.55. The minimum atomic E-state index is -4.69. The summed E-state index contributed by atoms with van der Waals surface area (Å²) in [6, 6.07) is 5.54. The summed E-state index contributed by atoms with van der Waals surface area (Å²) in [6.07, 6.45) is -4.96. The van der Waals surface area contributed by atoms with Crippen LogP contribution in [0.25, 0.3) is 0 Å². The van der Waals surface area contributed by atoms with Crippen molar-refractivity contribution < 1.29 is 23.0 Å². The Labute approximate surface area is 117 Å². The number of likely N-dealkylation sites (N-methyl/N-ethyl adjacent to an activating group) is 1. The van der Waals surface area contributed by atoms with E-state index in [-0.39, 0.29) is 5.75 Å². The molecule has 0 spiro atoms. The first-order valence-electron chi connectivity index (χ1n) is 6.22. The van der Waals surface area contributed by atoms with Gasteiger partial charge in [-0.25, -0.2) is 0 Å². The van der Waals surface area contributed by atoms with Crippen molar-refractivity contribution in [1.82, 2.24) is 4.90 Å². The predicted octanol–water partition coefficient (Wildman–Crippen LogP) is 2.83. The van der Waals surface area contributed by atoms with Crippen LogP contribution < -0.4 is 4.74 Å². The largest absolute Gasteiger partial charge is 0.573 e. The number of ether oxygens (including phenoxy) is 1. The number of rotatable bonds is 5. The fraction of sp³-hybridized carbons (Fsp3) is 0.571. The first kappa shape index (κ1) is 16.8. The average Bonchev–Trinajstić information content (AvgIpc) is 2.29. The van der Waals surface area contributed by atoms with Gasteiger partial charge < -0.3 is 14.7 Å². The molecular formula is C14H20F3NO2. The molecular weight excluding hydrogens is 271 g/mol. The number of nitrogens with zero attached hydrogens (tertiary/aromatic N) is 1. The number of hydrogen-bond acceptors (Lipinski definition) is 3. The Bertz CT molecular complexity index is 427. The fourth-order valence-corrected chi connectivity index (χ4v) is 1.60. The molecule has 0 radical (unpaired) electrons. The second-order valence-electron chi connectivity index (χ2n) is 5.46. The lowest BCUT2D eigenvalue weighted by atomic mass is 9.91. The molecule has 0 saturated heterocycles. The minimum Gasteiger partial charge on any atom is -0.406 e. The molecule has 0 aliphatic carbocycles. The van der Waals surface area contributed by atoms with Gasteiger partial charge in [0, 0.05) is 12.0 Å². The molecule has 20 heavy (non-hydrogen) atoms. The van der Waals surface area contributed by atoms with Crippen LogP contribution in [0.5, 0.6) is 5.75 Å². The van der Waals surface area contributed by atoms with Crippen LogP contribution in [0.15, 0.2) is 24.3 Å². The maximum atomic E-state index is 12.0. The topological polar surface area (TPSA) is 32.7 Å². The Kier molecular flexibility index (Phi) is 5.05. The van der Waals surface area contributed by atoms with Gasteiger partial charge in [0.2, 0.25) is 0 Å². The molecule has 1 aromatic carbocycles. The summed E-state index contributed by atoms with van der Waals surface area (Å²) in [5.74, 6) is -0.261. The highest BCUT2D eigenvalue weighted by molar-refractivity contribution is 5.28. The molecule has 3 nitrogen and oxygen atoms in total. The molecule has 0 aromatic heterocycles. The van der Waals surface area contributed by atoms with Crippen LogP contribution in [-0.2, 0) is 6.42 Å². The Balaban J connectivity index is 2.71. The summed E-state index contributed by atoms with van der Waals surface area (Å²) in [5, 5.41) is 10.2. The summed E-state index contributed by atoms with van der Waals surface area (Å²) >= 11 is 0. The van der Waals surface area contributed by atoms with Crippen molar-refractivity contribution in [3.8, 4) is 5.75 Å². The molecule has 1 rings (SSSR count). The van der Waals surface area contributed by atoms with Gasteiger partial charge in [0.05, 0.1) is 6.10 Å². The van der Waals surface area contributed by atoms with Gasteiger partial charge in [-0.2, -0.15) is 0 Å². The van der Waals surface area contributed by atoms with E-state index in [0.717, 1.165) is 5.56 Å². The Morgan fingerprint density at radius 3 is 2.05 bits per heavy atom. The predicted molar refractivity (Wildman–Crippen MR) is 70.6 cm³/mol. The van der Waals surface area contributed by atoms with Crippen LogP contribution in [0.2, 0.25) is 0 Å². The van der Waals surface area contributed by atoms with Crippen molar-refractivity contribution in [1.29, 1.82) is 0 Å². The second-order valence-corrected chi connectivity index (χ2v) is 5.46. The van der Waals surface area contributed by atoms with E-state index < -0.39 is 18.0 Å². The maximum absolute atomic E-state index is 12.0. The van der Waals surface area contributed by atoms with Crippen molar-refractivity contribution in [2.45, 2.75) is 38.3 Å². The monoisotopic (exact) mass is 291 g/mol. The lowest BCUT2D eigenvalue weighted by molar-refractivity contribution is -0.274. The highest BCUT2D eigenvalue weighted by Gasteiger charge is 2.31. The van der Waals surface area contributed by atoms with Gasteiger partial charge in [-0.1, -0.05) is 12.1 Å². The van der Waals surface area contributed by atoms with Gasteiger partial charge in [0.15, 0.2) is 0 Å². The number of hydrogen-bond donors (Lipinski definition) is 1. The Hall–Kier alpha value is -1.27. The molecule has 1 aromatic rings. The molecule has 1 atom stereocenters. The maximum Gasteiger partial charge on any atom is 0.573 e. The molecule has 0 fully saturated rings. The van der Waals surface area contributed by atoms with E-state index in [1.807, 2.05) is 32.8 Å². The molecule has 0 aliphatic rings. The number of halogens is 3. The van der Waals surface area contributed by atoms with Gasteiger partial charge in [-0.3, -0.25) is 0 Å². The van der Waals surface area contributed by atoms with Crippen molar-refractivity contribution in [2.75, 3.05) is 14.1 Å². The van der Waals surface area contributed by atoms with Gasteiger partial charge in [0.25, 0.3) is 0 Å². The van der Waals surface area contributed by atoms with Crippen molar-refractivity contribution in [3.63, 3.8) is 0 Å². The van der Waals surface area contributed by atoms with Crippen molar-refractivity contribution in [2.24, 2.45) is 0 Å². The quantitative estimate of drug-likeness (QED) is 0.905. The zero-order chi connectivity index (χ0) is 15.6. The van der Waals surface area contributed by atoms with Crippen LogP contribution >= 0.6 is 0 Å². The summed E-state index contributed by atoms with van der Waals surface area (Å²) in [7, 11) is 3.73. The Morgan fingerprint density at radius 2 is 1.65 bits per heavy atom. The van der Waals surface area contributed by atoms with E-state index in [9.17, 15) is 18.3 Å². The third-order valence-electron chi connectivity index (χ3n) is 3.55. The van der Waals surface area contributed by atoms with E-state index in [0.29, 0.717) is 6.42 Å². The fourth-order valence-electron chi connectivity index (χ4n) is 1.60. The minimum absolute atomic E-state index is 0.261. The lowest BCUT2D eigenvalue weighted by Gasteiger charge is -2.37. The molecule has 0 amide bonds. The Morgan fingerprint density at radius 1 is 1.15 bits per heavy atom. The van der Waals surface area contributed by atoms with Crippen LogP contribution in [0.4, 0.5) is 13.2 Å². The molecule has 0 heterocycles. The van der Waals surface area contributed by atoms with E-state index in [1.54, 1.807) is 0 Å². The normalized spacial score (nSPS) is 14.4. The number of benzene rings is 1. The third kappa shape index (κ3) is 4.68.